The molecule has 1 rings (SSSR count). The quantitative estimate of drug-likeness (QED) is 0.630. The number of benzene rings is 1. The van der Waals surface area contributed by atoms with Crippen LogP contribution in [0.4, 0.5) is 10.1 Å². The van der Waals surface area contributed by atoms with Crippen molar-refractivity contribution < 1.29 is 4.39 Å². The summed E-state index contributed by atoms with van der Waals surface area (Å²) in [4.78, 5) is 0. The first kappa shape index (κ1) is 10.3. The van der Waals surface area contributed by atoms with Gasteiger partial charge in [0.05, 0.1) is 5.69 Å². The SMILES string of the molecule is C=CCCNc1cc(Br)ccc1F. The maximum atomic E-state index is 13.1. The Kier molecular flexibility index (Phi) is 3.96. The molecule has 0 unspecified atom stereocenters. The number of anilines is 1. The zero-order valence-electron chi connectivity index (χ0n) is 7.19. The monoisotopic (exact) mass is 243 g/mol. The Labute approximate surface area is 85.8 Å². The Balaban J connectivity index is 2.64. The summed E-state index contributed by atoms with van der Waals surface area (Å²) in [6.45, 7) is 4.29. The van der Waals surface area contributed by atoms with Crippen LogP contribution < -0.4 is 5.32 Å². The molecule has 0 bridgehead atoms. The van der Waals surface area contributed by atoms with Gasteiger partial charge in [-0.25, -0.2) is 4.39 Å². The van der Waals surface area contributed by atoms with Gasteiger partial charge in [-0.05, 0) is 24.6 Å². The Hall–Kier alpha value is -0.830. The van der Waals surface area contributed by atoms with Gasteiger partial charge in [-0.1, -0.05) is 22.0 Å². The average Bonchev–Trinajstić information content (AvgIpc) is 2.11. The van der Waals surface area contributed by atoms with Crippen molar-refractivity contribution in [2.24, 2.45) is 0 Å². The van der Waals surface area contributed by atoms with Crippen LogP contribution in [-0.4, -0.2) is 6.54 Å². The zero-order chi connectivity index (χ0) is 9.68. The van der Waals surface area contributed by atoms with Crippen LogP contribution >= 0.6 is 15.9 Å². The van der Waals surface area contributed by atoms with E-state index in [9.17, 15) is 4.39 Å². The molecule has 1 N–H and O–H groups in total. The van der Waals surface area contributed by atoms with Crippen LogP contribution in [-0.2, 0) is 0 Å². The molecule has 70 valence electrons. The van der Waals surface area contributed by atoms with Crippen molar-refractivity contribution in [2.45, 2.75) is 6.42 Å². The highest BCUT2D eigenvalue weighted by atomic mass is 79.9. The van der Waals surface area contributed by atoms with E-state index in [4.69, 9.17) is 0 Å². The molecule has 0 aliphatic heterocycles. The molecule has 0 atom stereocenters. The molecule has 0 aliphatic rings. The summed E-state index contributed by atoms with van der Waals surface area (Å²) >= 11 is 3.28. The molecule has 0 saturated heterocycles. The lowest BCUT2D eigenvalue weighted by molar-refractivity contribution is 0.630. The van der Waals surface area contributed by atoms with E-state index in [0.717, 1.165) is 10.9 Å². The predicted molar refractivity (Wildman–Crippen MR) is 57.4 cm³/mol. The second-order valence-electron chi connectivity index (χ2n) is 2.63. The fourth-order valence-electron chi connectivity index (χ4n) is 0.942. The lowest BCUT2D eigenvalue weighted by atomic mass is 10.3. The van der Waals surface area contributed by atoms with Gasteiger partial charge in [0.2, 0.25) is 0 Å². The number of nitrogens with one attached hydrogen (secondary N) is 1. The number of hydrogen-bond acceptors (Lipinski definition) is 1. The molecule has 0 aromatic heterocycles. The topological polar surface area (TPSA) is 12.0 Å². The lowest BCUT2D eigenvalue weighted by Crippen LogP contribution is -2.01. The van der Waals surface area contributed by atoms with E-state index >= 15 is 0 Å². The van der Waals surface area contributed by atoms with Crippen molar-refractivity contribution in [2.75, 3.05) is 11.9 Å². The van der Waals surface area contributed by atoms with Gasteiger partial charge >= 0.3 is 0 Å². The first-order valence-corrected chi connectivity index (χ1v) is 4.83. The first-order valence-electron chi connectivity index (χ1n) is 4.04. The molecule has 0 fully saturated rings. The third kappa shape index (κ3) is 3.19. The minimum atomic E-state index is -0.229. The molecule has 1 nitrogen and oxygen atoms in total. The zero-order valence-corrected chi connectivity index (χ0v) is 8.77. The lowest BCUT2D eigenvalue weighted by Gasteiger charge is -2.05. The summed E-state index contributed by atoms with van der Waals surface area (Å²) in [5.74, 6) is -0.229. The summed E-state index contributed by atoms with van der Waals surface area (Å²) < 4.78 is 14.0. The second-order valence-corrected chi connectivity index (χ2v) is 3.54. The minimum absolute atomic E-state index is 0.229. The van der Waals surface area contributed by atoms with E-state index in [1.807, 2.05) is 0 Å². The van der Waals surface area contributed by atoms with Crippen molar-refractivity contribution >= 4 is 21.6 Å². The van der Waals surface area contributed by atoms with Gasteiger partial charge in [0, 0.05) is 11.0 Å². The third-order valence-electron chi connectivity index (χ3n) is 1.59. The molecule has 1 aromatic carbocycles. The van der Waals surface area contributed by atoms with Crippen molar-refractivity contribution in [3.05, 3.63) is 41.1 Å². The summed E-state index contributed by atoms with van der Waals surface area (Å²) in [5.41, 5.74) is 0.524. The van der Waals surface area contributed by atoms with Gasteiger partial charge in [0.15, 0.2) is 0 Å². The summed E-state index contributed by atoms with van der Waals surface area (Å²) in [7, 11) is 0. The standard InChI is InChI=1S/C10H11BrFN/c1-2-3-6-13-10-7-8(11)4-5-9(10)12/h2,4-5,7,13H,1,3,6H2. The van der Waals surface area contributed by atoms with Gasteiger partial charge in [-0.2, -0.15) is 0 Å². The molecule has 1 aromatic rings. The minimum Gasteiger partial charge on any atom is -0.382 e. The molecule has 0 radical (unpaired) electrons. The van der Waals surface area contributed by atoms with Crippen LogP contribution in [0, 0.1) is 5.82 Å². The van der Waals surface area contributed by atoms with Crippen LogP contribution in [0.25, 0.3) is 0 Å². The van der Waals surface area contributed by atoms with E-state index < -0.39 is 0 Å². The largest absolute Gasteiger partial charge is 0.382 e. The van der Waals surface area contributed by atoms with E-state index in [2.05, 4.69) is 27.8 Å². The van der Waals surface area contributed by atoms with E-state index in [1.54, 1.807) is 18.2 Å². The van der Waals surface area contributed by atoms with E-state index in [1.165, 1.54) is 6.07 Å². The Morgan fingerprint density at radius 3 is 3.00 bits per heavy atom. The fraction of sp³-hybridized carbons (Fsp3) is 0.200. The highest BCUT2D eigenvalue weighted by Gasteiger charge is 2.00. The molecule has 0 saturated carbocycles. The van der Waals surface area contributed by atoms with Crippen molar-refractivity contribution in [3.63, 3.8) is 0 Å². The highest BCUT2D eigenvalue weighted by molar-refractivity contribution is 9.10. The Bertz CT molecular complexity index is 299. The van der Waals surface area contributed by atoms with Gasteiger partial charge < -0.3 is 5.32 Å². The summed E-state index contributed by atoms with van der Waals surface area (Å²) in [6.07, 6.45) is 2.62. The van der Waals surface area contributed by atoms with E-state index in [-0.39, 0.29) is 5.82 Å². The van der Waals surface area contributed by atoms with Gasteiger partial charge in [-0.3, -0.25) is 0 Å². The Morgan fingerprint density at radius 1 is 1.54 bits per heavy atom. The third-order valence-corrected chi connectivity index (χ3v) is 2.09. The average molecular weight is 244 g/mol. The molecule has 0 aliphatic carbocycles. The summed E-state index contributed by atoms with van der Waals surface area (Å²) in [5, 5.41) is 2.98. The molecule has 3 heteroatoms. The van der Waals surface area contributed by atoms with Crippen LogP contribution in [0.5, 0.6) is 0 Å². The van der Waals surface area contributed by atoms with Crippen LogP contribution in [0.2, 0.25) is 0 Å². The molecule has 0 spiro atoms. The number of hydrogen-bond donors (Lipinski definition) is 1. The fourth-order valence-corrected chi connectivity index (χ4v) is 1.30. The van der Waals surface area contributed by atoms with Crippen molar-refractivity contribution in [3.8, 4) is 0 Å². The van der Waals surface area contributed by atoms with Crippen LogP contribution in [0.1, 0.15) is 6.42 Å². The molecular weight excluding hydrogens is 233 g/mol. The van der Waals surface area contributed by atoms with Gasteiger partial charge in [0.1, 0.15) is 5.82 Å². The van der Waals surface area contributed by atoms with Crippen molar-refractivity contribution in [1.82, 2.24) is 0 Å². The molecule has 0 amide bonds. The molecular formula is C10H11BrFN. The predicted octanol–water partition coefficient (Wildman–Crippen LogP) is 3.58. The first-order chi connectivity index (χ1) is 6.24. The summed E-state index contributed by atoms with van der Waals surface area (Å²) in [6, 6.07) is 4.83. The number of halogens is 2. The Morgan fingerprint density at radius 2 is 2.31 bits per heavy atom. The highest BCUT2D eigenvalue weighted by Crippen LogP contribution is 2.19. The maximum Gasteiger partial charge on any atom is 0.146 e. The smallest absolute Gasteiger partial charge is 0.146 e. The van der Waals surface area contributed by atoms with Gasteiger partial charge in [0.25, 0.3) is 0 Å². The normalized spacial score (nSPS) is 9.69. The van der Waals surface area contributed by atoms with Crippen molar-refractivity contribution in [1.29, 1.82) is 0 Å². The van der Waals surface area contributed by atoms with Gasteiger partial charge in [-0.15, -0.1) is 6.58 Å². The van der Waals surface area contributed by atoms with Crippen LogP contribution in [0.3, 0.4) is 0 Å². The second kappa shape index (κ2) is 5.02. The number of rotatable bonds is 4. The molecule has 0 heterocycles. The van der Waals surface area contributed by atoms with E-state index in [0.29, 0.717) is 12.2 Å². The van der Waals surface area contributed by atoms with Crippen LogP contribution in [0.15, 0.2) is 35.3 Å². The maximum absolute atomic E-state index is 13.1. The molecule has 13 heavy (non-hydrogen) atoms.